The van der Waals surface area contributed by atoms with Gasteiger partial charge in [-0.2, -0.15) is 0 Å². The number of hydrogen-bond donors (Lipinski definition) is 2. The van der Waals surface area contributed by atoms with Gasteiger partial charge < -0.3 is 15.2 Å². The molecule has 0 bridgehead atoms. The van der Waals surface area contributed by atoms with Crippen LogP contribution in [0.5, 0.6) is 0 Å². The lowest BCUT2D eigenvalue weighted by Crippen LogP contribution is -2.35. The Morgan fingerprint density at radius 1 is 1.50 bits per heavy atom. The Bertz CT molecular complexity index is 386. The lowest BCUT2D eigenvalue weighted by atomic mass is 10.0. The summed E-state index contributed by atoms with van der Waals surface area (Å²) in [5, 5.41) is 12.8. The molecule has 1 atom stereocenters. The van der Waals surface area contributed by atoms with Crippen molar-refractivity contribution in [3.05, 3.63) is 17.8 Å². The number of halogens is 1. The number of hydrogen-bond acceptors (Lipinski definition) is 5. The van der Waals surface area contributed by atoms with Crippen molar-refractivity contribution in [2.75, 3.05) is 25.6 Å². The number of rotatable bonds is 7. The summed E-state index contributed by atoms with van der Waals surface area (Å²) in [6, 6.07) is 0. The summed E-state index contributed by atoms with van der Waals surface area (Å²) in [4.78, 5) is 7.67. The van der Waals surface area contributed by atoms with E-state index in [0.717, 1.165) is 0 Å². The molecule has 6 heteroatoms. The molecule has 0 aliphatic heterocycles. The molecular weight excluding hydrogens is 237 g/mol. The van der Waals surface area contributed by atoms with Crippen LogP contribution < -0.4 is 5.32 Å². The van der Waals surface area contributed by atoms with E-state index in [1.54, 1.807) is 14.0 Å². The van der Waals surface area contributed by atoms with Gasteiger partial charge in [-0.05, 0) is 13.3 Å². The average Bonchev–Trinajstić information content (AvgIpc) is 2.35. The molecular formula is C12H20FN3O2. The fourth-order valence-corrected chi connectivity index (χ4v) is 1.46. The maximum absolute atomic E-state index is 13.8. The molecule has 0 fully saturated rings. The second kappa shape index (κ2) is 6.61. The molecule has 0 aromatic carbocycles. The predicted octanol–water partition coefficient (Wildman–Crippen LogP) is 1.38. The van der Waals surface area contributed by atoms with Crippen LogP contribution in [0.25, 0.3) is 0 Å². The van der Waals surface area contributed by atoms with Crippen LogP contribution in [-0.2, 0) is 11.2 Å². The number of methoxy groups -OCH3 is 1. The van der Waals surface area contributed by atoms with Crippen LogP contribution in [0, 0.1) is 5.82 Å². The monoisotopic (exact) mass is 257 g/mol. The van der Waals surface area contributed by atoms with Crippen molar-refractivity contribution in [2.45, 2.75) is 32.3 Å². The largest absolute Gasteiger partial charge is 0.388 e. The minimum atomic E-state index is -0.972. The second-order valence-electron chi connectivity index (χ2n) is 4.43. The van der Waals surface area contributed by atoms with Crippen LogP contribution in [0.4, 0.5) is 10.2 Å². The molecule has 18 heavy (non-hydrogen) atoms. The van der Waals surface area contributed by atoms with Crippen molar-refractivity contribution in [2.24, 2.45) is 0 Å². The summed E-state index contributed by atoms with van der Waals surface area (Å²) in [6.45, 7) is 4.14. The van der Waals surface area contributed by atoms with Crippen molar-refractivity contribution < 1.29 is 14.2 Å². The average molecular weight is 257 g/mol. The van der Waals surface area contributed by atoms with E-state index in [-0.39, 0.29) is 12.4 Å². The number of nitrogens with zero attached hydrogens (tertiary/aromatic N) is 2. The van der Waals surface area contributed by atoms with Gasteiger partial charge in [0.05, 0.1) is 11.3 Å². The molecule has 1 unspecified atom stereocenters. The third kappa shape index (κ3) is 4.19. The Labute approximate surface area is 106 Å². The lowest BCUT2D eigenvalue weighted by molar-refractivity contribution is 0.0356. The zero-order valence-electron chi connectivity index (χ0n) is 11.0. The van der Waals surface area contributed by atoms with Gasteiger partial charge in [0.25, 0.3) is 0 Å². The normalized spacial score (nSPS) is 14.3. The van der Waals surface area contributed by atoms with E-state index in [1.165, 1.54) is 6.33 Å². The summed E-state index contributed by atoms with van der Waals surface area (Å²) < 4.78 is 18.7. The lowest BCUT2D eigenvalue weighted by Gasteiger charge is -2.23. The molecule has 0 aliphatic rings. The van der Waals surface area contributed by atoms with Gasteiger partial charge in [0.15, 0.2) is 11.6 Å². The highest BCUT2D eigenvalue weighted by atomic mass is 19.1. The third-order valence-electron chi connectivity index (χ3n) is 2.68. The Morgan fingerprint density at radius 3 is 2.83 bits per heavy atom. The highest BCUT2D eigenvalue weighted by Gasteiger charge is 2.21. The number of ether oxygens (including phenoxy) is 1. The molecule has 0 radical (unpaired) electrons. The topological polar surface area (TPSA) is 67.3 Å². The Kier molecular flexibility index (Phi) is 5.43. The Balaban J connectivity index is 2.63. The van der Waals surface area contributed by atoms with Gasteiger partial charge in [0.1, 0.15) is 6.33 Å². The molecule has 5 nitrogen and oxygen atoms in total. The standard InChI is InChI=1S/C12H20FN3O2/c1-4-9-10(13)11(16-8-15-9)14-7-12(2,17)5-6-18-3/h8,17H,4-7H2,1-3H3,(H,14,15,16). The van der Waals surface area contributed by atoms with Crippen LogP contribution in [0.1, 0.15) is 26.0 Å². The summed E-state index contributed by atoms with van der Waals surface area (Å²) in [5.74, 6) is -0.331. The van der Waals surface area contributed by atoms with Crippen molar-refractivity contribution in [1.29, 1.82) is 0 Å². The van der Waals surface area contributed by atoms with E-state index < -0.39 is 11.4 Å². The van der Waals surface area contributed by atoms with Crippen LogP contribution in [0.2, 0.25) is 0 Å². The van der Waals surface area contributed by atoms with E-state index in [1.807, 2.05) is 6.92 Å². The molecule has 1 aromatic rings. The van der Waals surface area contributed by atoms with E-state index >= 15 is 0 Å². The number of anilines is 1. The first-order valence-electron chi connectivity index (χ1n) is 5.94. The highest BCUT2D eigenvalue weighted by Crippen LogP contribution is 2.16. The van der Waals surface area contributed by atoms with Gasteiger partial charge in [0, 0.05) is 26.7 Å². The molecule has 0 amide bonds. The smallest absolute Gasteiger partial charge is 0.186 e. The minimum absolute atomic E-state index is 0.125. The van der Waals surface area contributed by atoms with Crippen molar-refractivity contribution in [1.82, 2.24) is 9.97 Å². The summed E-state index contributed by atoms with van der Waals surface area (Å²) in [6.07, 6.45) is 2.28. The summed E-state index contributed by atoms with van der Waals surface area (Å²) >= 11 is 0. The molecule has 0 saturated heterocycles. The maximum atomic E-state index is 13.8. The zero-order valence-corrected chi connectivity index (χ0v) is 11.0. The predicted molar refractivity (Wildman–Crippen MR) is 67.0 cm³/mol. The van der Waals surface area contributed by atoms with E-state index in [4.69, 9.17) is 4.74 Å². The quantitative estimate of drug-likeness (QED) is 0.772. The Hall–Kier alpha value is -1.27. The fourth-order valence-electron chi connectivity index (χ4n) is 1.46. The number of aliphatic hydroxyl groups is 1. The van der Waals surface area contributed by atoms with Gasteiger partial charge in [-0.15, -0.1) is 0 Å². The van der Waals surface area contributed by atoms with Crippen LogP contribution in [0.3, 0.4) is 0 Å². The van der Waals surface area contributed by atoms with Crippen molar-refractivity contribution >= 4 is 5.82 Å². The number of aryl methyl sites for hydroxylation is 1. The molecule has 1 aromatic heterocycles. The highest BCUT2D eigenvalue weighted by molar-refractivity contribution is 5.37. The van der Waals surface area contributed by atoms with Crippen LogP contribution in [0.15, 0.2) is 6.33 Å². The van der Waals surface area contributed by atoms with Crippen LogP contribution >= 0.6 is 0 Å². The third-order valence-corrected chi connectivity index (χ3v) is 2.68. The van der Waals surface area contributed by atoms with Crippen LogP contribution in [-0.4, -0.2) is 40.9 Å². The fraction of sp³-hybridized carbons (Fsp3) is 0.667. The van der Waals surface area contributed by atoms with Gasteiger partial charge >= 0.3 is 0 Å². The van der Waals surface area contributed by atoms with Gasteiger partial charge in [-0.3, -0.25) is 0 Å². The second-order valence-corrected chi connectivity index (χ2v) is 4.43. The first kappa shape index (κ1) is 14.8. The summed E-state index contributed by atoms with van der Waals surface area (Å²) in [5.41, 5.74) is -0.608. The van der Waals surface area contributed by atoms with E-state index in [2.05, 4.69) is 15.3 Å². The van der Waals surface area contributed by atoms with Gasteiger partial charge in [-0.25, -0.2) is 14.4 Å². The number of nitrogens with one attached hydrogen (secondary N) is 1. The molecule has 1 rings (SSSR count). The molecule has 2 N–H and O–H groups in total. The Morgan fingerprint density at radius 2 is 2.22 bits per heavy atom. The van der Waals surface area contributed by atoms with Crippen molar-refractivity contribution in [3.63, 3.8) is 0 Å². The first-order chi connectivity index (χ1) is 8.50. The maximum Gasteiger partial charge on any atom is 0.186 e. The zero-order chi connectivity index (χ0) is 13.6. The molecule has 102 valence electrons. The SMILES string of the molecule is CCc1ncnc(NCC(C)(O)CCOC)c1F. The number of aromatic nitrogens is 2. The van der Waals surface area contributed by atoms with Crippen molar-refractivity contribution in [3.8, 4) is 0 Å². The summed E-state index contributed by atoms with van der Waals surface area (Å²) in [7, 11) is 1.57. The molecule has 0 spiro atoms. The van der Waals surface area contributed by atoms with Gasteiger partial charge in [0.2, 0.25) is 0 Å². The van der Waals surface area contributed by atoms with E-state index in [0.29, 0.717) is 25.1 Å². The van der Waals surface area contributed by atoms with E-state index in [9.17, 15) is 9.50 Å². The first-order valence-corrected chi connectivity index (χ1v) is 5.94. The minimum Gasteiger partial charge on any atom is -0.388 e. The molecule has 0 aliphatic carbocycles. The molecule has 0 saturated carbocycles. The molecule has 1 heterocycles. The van der Waals surface area contributed by atoms with Gasteiger partial charge in [-0.1, -0.05) is 6.92 Å².